The predicted octanol–water partition coefficient (Wildman–Crippen LogP) is 17.4. The van der Waals surface area contributed by atoms with Crippen molar-refractivity contribution in [2.24, 2.45) is 0 Å². The van der Waals surface area contributed by atoms with E-state index in [4.69, 9.17) is 4.42 Å². The summed E-state index contributed by atoms with van der Waals surface area (Å²) in [6.07, 6.45) is 0. The summed E-state index contributed by atoms with van der Waals surface area (Å²) in [6.45, 7) is 9.51. The van der Waals surface area contributed by atoms with Gasteiger partial charge in [0.1, 0.15) is 11.2 Å². The van der Waals surface area contributed by atoms with Crippen molar-refractivity contribution in [3.63, 3.8) is 0 Å². The molecule has 0 atom stereocenters. The van der Waals surface area contributed by atoms with E-state index in [9.17, 15) is 0 Å². The first-order chi connectivity index (χ1) is 30.8. The van der Waals surface area contributed by atoms with Crippen LogP contribution in [0.4, 0.5) is 17.1 Å². The minimum atomic E-state index is -0.307. The molecule has 0 amide bonds. The Labute approximate surface area is 371 Å². The molecule has 11 aromatic rings. The first-order valence-electron chi connectivity index (χ1n) is 22.0. The van der Waals surface area contributed by atoms with Gasteiger partial charge in [-0.25, -0.2) is 0 Å². The van der Waals surface area contributed by atoms with Crippen LogP contribution in [0.1, 0.15) is 49.9 Å². The lowest BCUT2D eigenvalue weighted by molar-refractivity contribution is 0.657. The van der Waals surface area contributed by atoms with Gasteiger partial charge in [0.15, 0.2) is 0 Å². The molecule has 2 nitrogen and oxygen atoms in total. The second-order valence-corrected chi connectivity index (χ2v) is 19.5. The molecule has 0 N–H and O–H groups in total. The predicted molar refractivity (Wildman–Crippen MR) is 267 cm³/mol. The number of thiophene rings is 1. The fraction of sp³-hybridized carbons (Fsp3) is 0.100. The summed E-state index contributed by atoms with van der Waals surface area (Å²) in [6, 6.07) is 69.8. The van der Waals surface area contributed by atoms with Gasteiger partial charge in [0.2, 0.25) is 0 Å². The van der Waals surface area contributed by atoms with Crippen LogP contribution in [0.3, 0.4) is 0 Å². The average molecular weight is 826 g/mol. The fourth-order valence-corrected chi connectivity index (χ4v) is 12.4. The van der Waals surface area contributed by atoms with Gasteiger partial charge >= 0.3 is 0 Å². The minimum Gasteiger partial charge on any atom is -0.456 e. The highest BCUT2D eigenvalue weighted by Gasteiger charge is 2.41. The zero-order valence-corrected chi connectivity index (χ0v) is 36.5. The van der Waals surface area contributed by atoms with Gasteiger partial charge in [-0.15, -0.1) is 11.3 Å². The highest BCUT2D eigenvalue weighted by atomic mass is 32.1. The third-order valence-corrected chi connectivity index (χ3v) is 15.4. The lowest BCUT2D eigenvalue weighted by Gasteiger charge is -2.33. The fourth-order valence-electron chi connectivity index (χ4n) is 11.3. The smallest absolute Gasteiger partial charge is 0.138 e. The third kappa shape index (κ3) is 5.18. The summed E-state index contributed by atoms with van der Waals surface area (Å²) in [5, 5.41) is 4.88. The molecule has 0 radical (unpaired) electrons. The number of nitrogens with zero attached hydrogens (tertiary/aromatic N) is 1. The number of furan rings is 1. The second kappa shape index (κ2) is 13.2. The Bertz CT molecular complexity index is 3700. The normalized spacial score (nSPS) is 14.3. The Balaban J connectivity index is 1.13. The minimum absolute atomic E-state index is 0.0735. The maximum atomic E-state index is 6.87. The van der Waals surface area contributed by atoms with Gasteiger partial charge in [-0.3, -0.25) is 0 Å². The Morgan fingerprint density at radius 2 is 1.06 bits per heavy atom. The van der Waals surface area contributed by atoms with Crippen molar-refractivity contribution < 1.29 is 4.42 Å². The highest BCUT2D eigenvalue weighted by molar-refractivity contribution is 7.25. The summed E-state index contributed by atoms with van der Waals surface area (Å²) in [7, 11) is 0. The summed E-state index contributed by atoms with van der Waals surface area (Å²) in [4.78, 5) is 2.52. The van der Waals surface area contributed by atoms with Crippen molar-refractivity contribution in [3.8, 4) is 44.5 Å². The average Bonchev–Trinajstić information content (AvgIpc) is 4.01. The van der Waals surface area contributed by atoms with E-state index in [1.165, 1.54) is 92.3 Å². The van der Waals surface area contributed by atoms with Gasteiger partial charge in [0.25, 0.3) is 0 Å². The molecule has 0 saturated heterocycles. The Kier molecular flexibility index (Phi) is 7.61. The third-order valence-electron chi connectivity index (χ3n) is 14.2. The number of benzene rings is 9. The van der Waals surface area contributed by atoms with Crippen LogP contribution >= 0.6 is 11.3 Å². The van der Waals surface area contributed by atoms with Crippen molar-refractivity contribution in [1.29, 1.82) is 0 Å². The topological polar surface area (TPSA) is 16.4 Å². The number of fused-ring (bicyclic) bond motifs is 13. The molecule has 2 heterocycles. The standard InChI is InChI=1S/C60H43NOS/c1-59(2)48-22-12-8-18-41(48)46-32-37(26-30-50(46)59)45-33-38(27-29-40(45)36-16-6-5-7-17-36)61(39-28-31-55-47(34-39)42-19-11-15-25-54(42)63-55)51-35-53-56(44-21-10-14-24-52(44)62-53)57-43-20-9-13-23-49(43)60(3,4)58(51)57/h5-35H,1-4H3. The van der Waals surface area contributed by atoms with Gasteiger partial charge < -0.3 is 9.32 Å². The molecular formula is C60H43NOS. The zero-order valence-electron chi connectivity index (χ0n) is 35.7. The molecule has 2 aromatic heterocycles. The maximum absolute atomic E-state index is 6.87. The van der Waals surface area contributed by atoms with E-state index in [1.54, 1.807) is 0 Å². The van der Waals surface area contributed by atoms with Gasteiger partial charge in [-0.05, 0) is 115 Å². The number of rotatable bonds is 5. The van der Waals surface area contributed by atoms with E-state index in [-0.39, 0.29) is 10.8 Å². The van der Waals surface area contributed by atoms with Crippen LogP contribution in [0.25, 0.3) is 86.6 Å². The van der Waals surface area contributed by atoms with Gasteiger partial charge in [-0.1, -0.05) is 161 Å². The van der Waals surface area contributed by atoms with E-state index in [0.29, 0.717) is 0 Å². The molecule has 13 rings (SSSR count). The van der Waals surface area contributed by atoms with Crippen molar-refractivity contribution >= 4 is 70.5 Å². The van der Waals surface area contributed by atoms with E-state index < -0.39 is 0 Å². The molecule has 0 bridgehead atoms. The summed E-state index contributed by atoms with van der Waals surface area (Å²) < 4.78 is 9.46. The van der Waals surface area contributed by atoms with E-state index >= 15 is 0 Å². The number of anilines is 3. The largest absolute Gasteiger partial charge is 0.456 e. The van der Waals surface area contributed by atoms with E-state index in [1.807, 2.05) is 11.3 Å². The lowest BCUT2D eigenvalue weighted by Crippen LogP contribution is -2.20. The molecule has 63 heavy (non-hydrogen) atoms. The number of hydrogen-bond donors (Lipinski definition) is 0. The van der Waals surface area contributed by atoms with Gasteiger partial charge in [0, 0.05) is 59.2 Å². The maximum Gasteiger partial charge on any atom is 0.138 e. The van der Waals surface area contributed by atoms with Crippen LogP contribution < -0.4 is 4.90 Å². The molecule has 0 saturated carbocycles. The van der Waals surface area contributed by atoms with Crippen LogP contribution in [-0.2, 0) is 10.8 Å². The van der Waals surface area contributed by atoms with Crippen LogP contribution in [0.2, 0.25) is 0 Å². The Morgan fingerprint density at radius 3 is 1.90 bits per heavy atom. The highest BCUT2D eigenvalue weighted by Crippen LogP contribution is 2.59. The van der Waals surface area contributed by atoms with Gasteiger partial charge in [-0.2, -0.15) is 0 Å². The van der Waals surface area contributed by atoms with Gasteiger partial charge in [0.05, 0.1) is 5.69 Å². The molecular weight excluding hydrogens is 783 g/mol. The van der Waals surface area contributed by atoms with Crippen LogP contribution in [0, 0.1) is 0 Å². The quantitative estimate of drug-likeness (QED) is 0.172. The molecule has 2 aliphatic carbocycles. The van der Waals surface area contributed by atoms with Crippen LogP contribution in [-0.4, -0.2) is 0 Å². The summed E-state index contributed by atoms with van der Waals surface area (Å²) in [5.74, 6) is 0. The van der Waals surface area contributed by atoms with Crippen molar-refractivity contribution in [3.05, 3.63) is 210 Å². The summed E-state index contributed by atoms with van der Waals surface area (Å²) in [5.41, 5.74) is 20.1. The van der Waals surface area contributed by atoms with E-state index in [2.05, 4.69) is 221 Å². The molecule has 9 aromatic carbocycles. The second-order valence-electron chi connectivity index (χ2n) is 18.4. The number of para-hydroxylation sites is 1. The molecule has 0 aliphatic heterocycles. The molecule has 300 valence electrons. The molecule has 2 aliphatic rings. The molecule has 3 heteroatoms. The van der Waals surface area contributed by atoms with Crippen LogP contribution in [0.15, 0.2) is 192 Å². The molecule has 0 fully saturated rings. The van der Waals surface area contributed by atoms with Crippen molar-refractivity contribution in [1.82, 2.24) is 0 Å². The lowest BCUT2D eigenvalue weighted by atomic mass is 9.80. The summed E-state index contributed by atoms with van der Waals surface area (Å²) >= 11 is 1.86. The van der Waals surface area contributed by atoms with Crippen molar-refractivity contribution in [2.75, 3.05) is 4.90 Å². The van der Waals surface area contributed by atoms with Crippen LogP contribution in [0.5, 0.6) is 0 Å². The van der Waals surface area contributed by atoms with E-state index in [0.717, 1.165) is 33.6 Å². The first-order valence-corrected chi connectivity index (χ1v) is 22.8. The SMILES string of the molecule is CC1(C)c2ccccc2-c2cc(-c3cc(N(c4ccc5sc6ccccc6c5c4)c4cc5oc6ccccc6c5c5c4C(C)(C)c4ccccc4-5)ccc3-c3ccccc3)ccc21. The van der Waals surface area contributed by atoms with Crippen molar-refractivity contribution in [2.45, 2.75) is 38.5 Å². The monoisotopic (exact) mass is 825 g/mol. The molecule has 0 spiro atoms. The number of hydrogen-bond acceptors (Lipinski definition) is 3. The first kappa shape index (κ1) is 36.5. The Hall–Kier alpha value is -7.20. The Morgan fingerprint density at radius 1 is 0.413 bits per heavy atom. The zero-order chi connectivity index (χ0) is 42.2. The molecule has 0 unspecified atom stereocenters.